The Morgan fingerprint density at radius 3 is 2.32 bits per heavy atom. The first-order chi connectivity index (χ1) is 17.7. The van der Waals surface area contributed by atoms with Gasteiger partial charge < -0.3 is 15.5 Å². The van der Waals surface area contributed by atoms with Crippen LogP contribution >= 0.6 is 0 Å². The smallest absolute Gasteiger partial charge is 0.264 e. The van der Waals surface area contributed by atoms with E-state index in [1.165, 1.54) is 30.1 Å². The van der Waals surface area contributed by atoms with Crippen LogP contribution in [-0.2, 0) is 32.6 Å². The molecule has 2 heterocycles. The maximum absolute atomic E-state index is 13.2. The number of aryl methyl sites for hydroxylation is 1. The second kappa shape index (κ2) is 11.9. The Balaban J connectivity index is 1.29. The lowest BCUT2D eigenvalue weighted by Gasteiger charge is -2.32. The number of amides is 2. The molecule has 0 saturated carbocycles. The number of nitrogens with one attached hydrogen (secondary N) is 2. The summed E-state index contributed by atoms with van der Waals surface area (Å²) in [4.78, 5) is 30.0. The second-order valence-corrected chi connectivity index (χ2v) is 11.5. The van der Waals surface area contributed by atoms with Gasteiger partial charge in [0.15, 0.2) is 0 Å². The summed E-state index contributed by atoms with van der Waals surface area (Å²) in [5, 5.41) is 5.33. The average molecular weight is 526 g/mol. The van der Waals surface area contributed by atoms with Gasteiger partial charge in [-0.25, -0.2) is 8.42 Å². The minimum Gasteiger partial charge on any atom is -0.356 e. The third kappa shape index (κ3) is 6.97. The maximum atomic E-state index is 13.2. The highest BCUT2D eigenvalue weighted by atomic mass is 32.2. The van der Waals surface area contributed by atoms with Crippen molar-refractivity contribution in [2.45, 2.75) is 37.2 Å². The van der Waals surface area contributed by atoms with Gasteiger partial charge in [0, 0.05) is 51.7 Å². The summed E-state index contributed by atoms with van der Waals surface area (Å²) in [5.41, 5.74) is 3.29. The lowest BCUT2D eigenvalue weighted by atomic mass is 10.1. The summed E-state index contributed by atoms with van der Waals surface area (Å²) >= 11 is 0. The van der Waals surface area contributed by atoms with Crippen molar-refractivity contribution in [3.05, 3.63) is 77.6 Å². The highest BCUT2D eigenvalue weighted by molar-refractivity contribution is 7.89. The largest absolute Gasteiger partial charge is 0.356 e. The third-order valence-corrected chi connectivity index (χ3v) is 8.59. The molecule has 9 nitrogen and oxygen atoms in total. The van der Waals surface area contributed by atoms with E-state index in [4.69, 9.17) is 0 Å². The van der Waals surface area contributed by atoms with E-state index in [-0.39, 0.29) is 17.2 Å². The molecule has 0 unspecified atom stereocenters. The first-order valence-electron chi connectivity index (χ1n) is 12.5. The van der Waals surface area contributed by atoms with Crippen LogP contribution in [0.4, 0.5) is 0 Å². The van der Waals surface area contributed by atoms with Crippen LogP contribution < -0.4 is 10.6 Å². The van der Waals surface area contributed by atoms with Crippen molar-refractivity contribution in [3.8, 4) is 0 Å². The van der Waals surface area contributed by atoms with Crippen LogP contribution in [0.3, 0.4) is 0 Å². The summed E-state index contributed by atoms with van der Waals surface area (Å²) in [5.74, 6) is -0.921. The van der Waals surface area contributed by atoms with E-state index in [1.807, 2.05) is 6.92 Å². The predicted molar refractivity (Wildman–Crippen MR) is 142 cm³/mol. The number of nitrogens with zero attached hydrogens (tertiary/aromatic N) is 3. The van der Waals surface area contributed by atoms with Crippen LogP contribution in [-0.4, -0.2) is 80.2 Å². The molecule has 2 aliphatic heterocycles. The molecule has 2 aliphatic rings. The van der Waals surface area contributed by atoms with Crippen molar-refractivity contribution in [2.24, 2.45) is 0 Å². The first-order valence-corrected chi connectivity index (χ1v) is 14.0. The summed E-state index contributed by atoms with van der Waals surface area (Å²) in [7, 11) is -1.84. The van der Waals surface area contributed by atoms with E-state index in [2.05, 4.69) is 51.7 Å². The Kier molecular flexibility index (Phi) is 8.63. The van der Waals surface area contributed by atoms with Crippen LogP contribution in [0, 0.1) is 6.92 Å². The highest BCUT2D eigenvalue weighted by Crippen LogP contribution is 2.22. The number of piperazine rings is 1. The molecule has 1 atom stereocenters. The van der Waals surface area contributed by atoms with Gasteiger partial charge in [0.2, 0.25) is 11.8 Å². The Labute approximate surface area is 219 Å². The fraction of sp³-hybridized carbons (Fsp3) is 0.407. The lowest BCUT2D eigenvalue weighted by molar-refractivity contribution is -0.129. The molecule has 2 aromatic carbocycles. The van der Waals surface area contributed by atoms with E-state index in [0.717, 1.165) is 48.2 Å². The van der Waals surface area contributed by atoms with Gasteiger partial charge in [-0.2, -0.15) is 0 Å². The fourth-order valence-electron chi connectivity index (χ4n) is 4.44. The molecule has 4 rings (SSSR count). The minimum absolute atomic E-state index is 0.0685. The third-order valence-electron chi connectivity index (χ3n) is 6.79. The molecule has 0 bridgehead atoms. The zero-order valence-corrected chi connectivity index (χ0v) is 22.2. The molecule has 0 spiro atoms. The number of rotatable bonds is 9. The quantitative estimate of drug-likeness (QED) is 0.514. The Morgan fingerprint density at radius 1 is 1.00 bits per heavy atom. The van der Waals surface area contributed by atoms with Gasteiger partial charge in [-0.1, -0.05) is 42.0 Å². The number of sulfonamides is 1. The summed E-state index contributed by atoms with van der Waals surface area (Å²) in [6.07, 6.45) is 2.93. The molecule has 2 aromatic rings. The molecule has 0 radical (unpaired) electrons. The van der Waals surface area contributed by atoms with Crippen molar-refractivity contribution in [1.29, 1.82) is 0 Å². The van der Waals surface area contributed by atoms with E-state index >= 15 is 0 Å². The van der Waals surface area contributed by atoms with Gasteiger partial charge in [-0.3, -0.25) is 18.8 Å². The van der Waals surface area contributed by atoms with Crippen molar-refractivity contribution >= 4 is 21.8 Å². The van der Waals surface area contributed by atoms with E-state index in [1.54, 1.807) is 12.1 Å². The first kappa shape index (κ1) is 26.8. The highest BCUT2D eigenvalue weighted by Gasteiger charge is 2.36. The second-order valence-electron chi connectivity index (χ2n) is 9.69. The topological polar surface area (TPSA) is 102 Å². The lowest BCUT2D eigenvalue weighted by Crippen LogP contribution is -2.51. The van der Waals surface area contributed by atoms with Gasteiger partial charge in [0.25, 0.3) is 10.0 Å². The number of carbonyl (C=O) groups is 2. The monoisotopic (exact) mass is 525 g/mol. The number of carbonyl (C=O) groups excluding carboxylic acids is 2. The molecule has 10 heteroatoms. The Hall–Kier alpha value is -3.21. The Morgan fingerprint density at radius 2 is 1.65 bits per heavy atom. The van der Waals surface area contributed by atoms with Gasteiger partial charge in [-0.15, -0.1) is 0 Å². The minimum atomic E-state index is -3.99. The summed E-state index contributed by atoms with van der Waals surface area (Å²) in [6, 6.07) is 13.6. The molecule has 1 fully saturated rings. The van der Waals surface area contributed by atoms with Crippen molar-refractivity contribution in [3.63, 3.8) is 0 Å². The van der Waals surface area contributed by atoms with Crippen molar-refractivity contribution in [2.75, 3.05) is 39.8 Å². The Bertz CT molecular complexity index is 1220. The zero-order chi connectivity index (χ0) is 26.4. The van der Waals surface area contributed by atoms with E-state index < -0.39 is 22.0 Å². The van der Waals surface area contributed by atoms with Gasteiger partial charge in [0.05, 0.1) is 11.3 Å². The van der Waals surface area contributed by atoms with Crippen LogP contribution in [0.1, 0.15) is 23.1 Å². The van der Waals surface area contributed by atoms with Gasteiger partial charge in [-0.05, 0) is 43.7 Å². The molecular formula is C27H35N5O4S. The van der Waals surface area contributed by atoms with Crippen LogP contribution in [0.2, 0.25) is 0 Å². The maximum Gasteiger partial charge on any atom is 0.264 e. The SMILES string of the molecule is Cc1ccc(S(=O)(=O)N2C=CNC(=O)[C@H]2CC(=O)NCCc2ccc(CN3CCN(C)CC3)cc2)cc1. The van der Waals surface area contributed by atoms with Crippen molar-refractivity contribution in [1.82, 2.24) is 24.7 Å². The molecule has 37 heavy (non-hydrogen) atoms. The van der Waals surface area contributed by atoms with Crippen LogP contribution in [0.25, 0.3) is 0 Å². The fourth-order valence-corrected chi connectivity index (χ4v) is 5.89. The molecule has 1 saturated heterocycles. The molecule has 0 aliphatic carbocycles. The normalized spacial score (nSPS) is 19.0. The van der Waals surface area contributed by atoms with E-state index in [9.17, 15) is 18.0 Å². The molecule has 0 aromatic heterocycles. The zero-order valence-electron chi connectivity index (χ0n) is 21.4. The molecule has 2 N–H and O–H groups in total. The molecule has 2 amide bonds. The van der Waals surface area contributed by atoms with E-state index in [0.29, 0.717) is 13.0 Å². The van der Waals surface area contributed by atoms with Crippen LogP contribution in [0.15, 0.2) is 65.8 Å². The number of likely N-dealkylation sites (N-methyl/N-ethyl adjacent to an activating group) is 1. The number of hydrogen-bond donors (Lipinski definition) is 2. The standard InChI is InChI=1S/C27H35N5O4S/c1-21-3-9-24(10-4-21)37(35,36)32-14-13-29-27(34)25(32)19-26(33)28-12-11-22-5-7-23(8-6-22)20-31-17-15-30(2)16-18-31/h3-10,13-14,25H,11-12,15-20H2,1-2H3,(H,28,33)(H,29,34)/t25-/m1/s1. The van der Waals surface area contributed by atoms with Gasteiger partial charge >= 0.3 is 0 Å². The number of benzene rings is 2. The average Bonchev–Trinajstić information content (AvgIpc) is 2.88. The summed E-state index contributed by atoms with van der Waals surface area (Å²) < 4.78 is 27.3. The van der Waals surface area contributed by atoms with Crippen molar-refractivity contribution < 1.29 is 18.0 Å². The predicted octanol–water partition coefficient (Wildman–Crippen LogP) is 1.45. The van der Waals surface area contributed by atoms with Gasteiger partial charge in [0.1, 0.15) is 6.04 Å². The summed E-state index contributed by atoms with van der Waals surface area (Å²) in [6.45, 7) is 7.52. The number of hydrogen-bond acceptors (Lipinski definition) is 6. The molecular weight excluding hydrogens is 490 g/mol. The van der Waals surface area contributed by atoms with Crippen LogP contribution in [0.5, 0.6) is 0 Å². The molecule has 198 valence electrons.